The molecule has 0 aliphatic carbocycles. The zero-order chi connectivity index (χ0) is 28.3. The molecule has 0 atom stereocenters. The molecule has 0 aliphatic rings. The largest absolute Gasteiger partial charge is 0.490 e. The molecule has 4 rings (SSSR count). The summed E-state index contributed by atoms with van der Waals surface area (Å²) in [6.45, 7) is 7.78. The zero-order valence-electron chi connectivity index (χ0n) is 22.9. The van der Waals surface area contributed by atoms with Crippen LogP contribution in [0.25, 0.3) is 10.8 Å². The van der Waals surface area contributed by atoms with Crippen molar-refractivity contribution in [2.24, 2.45) is 5.10 Å². The summed E-state index contributed by atoms with van der Waals surface area (Å²) in [7, 11) is 0. The molecular weight excluding hydrogens is 619 g/mol. The van der Waals surface area contributed by atoms with Crippen molar-refractivity contribution in [1.82, 2.24) is 5.43 Å². The standard InChI is InChI=1S/C32H33IN2O5/c1-4-16-39-28-15-14-24(19-29(28)37-5-2)32(36)35-34-20-22-17-27(33)31(30(18-22)38-6-3)40-21-25-12-9-11-23-10-7-8-13-26(23)25/h7-15,17-20H,4-6,16,21H2,1-3H3,(H,35,36)/b34-20+. The Morgan fingerprint density at radius 2 is 1.62 bits per heavy atom. The number of ether oxygens (including phenoxy) is 4. The fourth-order valence-electron chi connectivity index (χ4n) is 4.11. The maximum Gasteiger partial charge on any atom is 0.271 e. The van der Waals surface area contributed by atoms with Crippen LogP contribution in [-0.2, 0) is 6.61 Å². The van der Waals surface area contributed by atoms with E-state index in [1.54, 1.807) is 24.4 Å². The molecule has 0 saturated heterocycles. The Labute approximate surface area is 248 Å². The van der Waals surface area contributed by atoms with Gasteiger partial charge in [0, 0.05) is 5.56 Å². The van der Waals surface area contributed by atoms with Gasteiger partial charge < -0.3 is 18.9 Å². The minimum atomic E-state index is -0.353. The van der Waals surface area contributed by atoms with Gasteiger partial charge in [0.15, 0.2) is 23.0 Å². The number of hydrazone groups is 1. The molecule has 0 aliphatic heterocycles. The van der Waals surface area contributed by atoms with Crippen LogP contribution >= 0.6 is 22.6 Å². The van der Waals surface area contributed by atoms with Crippen molar-refractivity contribution in [3.05, 3.63) is 93.1 Å². The Kier molecular flexibility index (Phi) is 10.6. The van der Waals surface area contributed by atoms with Crippen LogP contribution in [0.3, 0.4) is 0 Å². The molecule has 0 spiro atoms. The van der Waals surface area contributed by atoms with Crippen LogP contribution in [0.2, 0.25) is 0 Å². The summed E-state index contributed by atoms with van der Waals surface area (Å²) in [6, 6.07) is 23.3. The highest BCUT2D eigenvalue weighted by Gasteiger charge is 2.14. The minimum Gasteiger partial charge on any atom is -0.490 e. The fourth-order valence-corrected chi connectivity index (χ4v) is 4.89. The van der Waals surface area contributed by atoms with Crippen molar-refractivity contribution in [3.8, 4) is 23.0 Å². The monoisotopic (exact) mass is 652 g/mol. The molecule has 1 amide bonds. The van der Waals surface area contributed by atoms with Gasteiger partial charge in [0.25, 0.3) is 5.91 Å². The van der Waals surface area contributed by atoms with Gasteiger partial charge in [0.2, 0.25) is 0 Å². The molecule has 8 heteroatoms. The molecule has 0 unspecified atom stereocenters. The first kappa shape index (κ1) is 29.2. The zero-order valence-corrected chi connectivity index (χ0v) is 25.1. The van der Waals surface area contributed by atoms with Gasteiger partial charge >= 0.3 is 0 Å². The molecule has 0 bridgehead atoms. The summed E-state index contributed by atoms with van der Waals surface area (Å²) in [5.74, 6) is 2.08. The SMILES string of the molecule is CCCOc1ccc(C(=O)N/N=C/c2cc(I)c(OCc3cccc4ccccc34)c(OCC)c2)cc1OCC. The number of hydrogen-bond donors (Lipinski definition) is 1. The second-order valence-corrected chi connectivity index (χ2v) is 9.99. The average molecular weight is 653 g/mol. The van der Waals surface area contributed by atoms with E-state index >= 15 is 0 Å². The van der Waals surface area contributed by atoms with Crippen LogP contribution in [-0.4, -0.2) is 31.9 Å². The van der Waals surface area contributed by atoms with E-state index in [1.807, 2.05) is 51.1 Å². The number of carbonyl (C=O) groups excluding carboxylic acids is 1. The van der Waals surface area contributed by atoms with Crippen LogP contribution < -0.4 is 24.4 Å². The highest BCUT2D eigenvalue weighted by Crippen LogP contribution is 2.35. The lowest BCUT2D eigenvalue weighted by Crippen LogP contribution is -2.18. The molecule has 0 fully saturated rings. The van der Waals surface area contributed by atoms with E-state index in [1.165, 1.54) is 5.39 Å². The van der Waals surface area contributed by atoms with Gasteiger partial charge in [0.05, 0.1) is 29.6 Å². The predicted molar refractivity (Wildman–Crippen MR) is 167 cm³/mol. The van der Waals surface area contributed by atoms with E-state index < -0.39 is 0 Å². The number of carbonyl (C=O) groups is 1. The van der Waals surface area contributed by atoms with Crippen molar-refractivity contribution in [3.63, 3.8) is 0 Å². The van der Waals surface area contributed by atoms with Crippen LogP contribution in [0.1, 0.15) is 48.7 Å². The number of rotatable bonds is 13. The molecule has 0 saturated carbocycles. The van der Waals surface area contributed by atoms with Crippen LogP contribution in [0, 0.1) is 3.57 Å². The molecular formula is C32H33IN2O5. The van der Waals surface area contributed by atoms with E-state index in [-0.39, 0.29) is 5.91 Å². The molecule has 40 heavy (non-hydrogen) atoms. The molecule has 208 valence electrons. The maximum atomic E-state index is 12.8. The second kappa shape index (κ2) is 14.6. The lowest BCUT2D eigenvalue weighted by Gasteiger charge is -2.15. The lowest BCUT2D eigenvalue weighted by atomic mass is 10.1. The Hall–Kier alpha value is -3.79. The lowest BCUT2D eigenvalue weighted by molar-refractivity contribution is 0.0954. The summed E-state index contributed by atoms with van der Waals surface area (Å²) in [5.41, 5.74) is 4.88. The van der Waals surface area contributed by atoms with Crippen molar-refractivity contribution in [1.29, 1.82) is 0 Å². The van der Waals surface area contributed by atoms with Crippen LogP contribution in [0.5, 0.6) is 23.0 Å². The minimum absolute atomic E-state index is 0.353. The predicted octanol–water partition coefficient (Wildman–Crippen LogP) is 7.37. The van der Waals surface area contributed by atoms with E-state index in [0.717, 1.165) is 26.5 Å². The quantitative estimate of drug-likeness (QED) is 0.0928. The van der Waals surface area contributed by atoms with Crippen molar-refractivity contribution >= 4 is 45.5 Å². The summed E-state index contributed by atoms with van der Waals surface area (Å²) in [5, 5.41) is 6.50. The van der Waals surface area contributed by atoms with E-state index in [2.05, 4.69) is 57.4 Å². The highest BCUT2D eigenvalue weighted by atomic mass is 127. The van der Waals surface area contributed by atoms with E-state index in [9.17, 15) is 4.79 Å². The Bertz CT molecular complexity index is 1480. The Balaban J connectivity index is 1.47. The van der Waals surface area contributed by atoms with E-state index in [0.29, 0.717) is 55.0 Å². The van der Waals surface area contributed by atoms with Crippen LogP contribution in [0.15, 0.2) is 77.9 Å². The molecule has 0 heterocycles. The molecule has 0 radical (unpaired) electrons. The first-order valence-corrected chi connectivity index (χ1v) is 14.4. The highest BCUT2D eigenvalue weighted by molar-refractivity contribution is 14.1. The Morgan fingerprint density at radius 3 is 2.42 bits per heavy atom. The summed E-state index contributed by atoms with van der Waals surface area (Å²) >= 11 is 2.23. The molecule has 7 nitrogen and oxygen atoms in total. The third kappa shape index (κ3) is 7.44. The number of nitrogens with zero attached hydrogens (tertiary/aromatic N) is 1. The number of halogens is 1. The van der Waals surface area contributed by atoms with Gasteiger partial charge in [-0.2, -0.15) is 5.10 Å². The van der Waals surface area contributed by atoms with Crippen molar-refractivity contribution in [2.75, 3.05) is 19.8 Å². The van der Waals surface area contributed by atoms with Gasteiger partial charge in [0.1, 0.15) is 6.61 Å². The summed E-state index contributed by atoms with van der Waals surface area (Å²) < 4.78 is 24.4. The smallest absolute Gasteiger partial charge is 0.271 e. The van der Waals surface area contributed by atoms with Gasteiger partial charge in [-0.25, -0.2) is 5.43 Å². The first-order valence-electron chi connectivity index (χ1n) is 13.3. The third-order valence-electron chi connectivity index (χ3n) is 5.93. The van der Waals surface area contributed by atoms with Crippen molar-refractivity contribution in [2.45, 2.75) is 33.8 Å². The van der Waals surface area contributed by atoms with Crippen molar-refractivity contribution < 1.29 is 23.7 Å². The number of amides is 1. The van der Waals surface area contributed by atoms with Gasteiger partial charge in [-0.15, -0.1) is 0 Å². The number of benzene rings is 4. The molecule has 4 aromatic carbocycles. The summed E-state index contributed by atoms with van der Waals surface area (Å²) in [6.07, 6.45) is 2.46. The number of fused-ring (bicyclic) bond motifs is 1. The van der Waals surface area contributed by atoms with Gasteiger partial charge in [-0.1, -0.05) is 49.4 Å². The Morgan fingerprint density at radius 1 is 0.850 bits per heavy atom. The van der Waals surface area contributed by atoms with Gasteiger partial charge in [-0.05, 0) is 95.1 Å². The number of nitrogens with one attached hydrogen (secondary N) is 1. The molecule has 1 N–H and O–H groups in total. The average Bonchev–Trinajstić information content (AvgIpc) is 2.96. The second-order valence-electron chi connectivity index (χ2n) is 8.83. The topological polar surface area (TPSA) is 78.4 Å². The molecule has 0 aromatic heterocycles. The first-order chi connectivity index (χ1) is 19.5. The third-order valence-corrected chi connectivity index (χ3v) is 6.73. The van der Waals surface area contributed by atoms with Gasteiger partial charge in [-0.3, -0.25) is 4.79 Å². The summed E-state index contributed by atoms with van der Waals surface area (Å²) in [4.78, 5) is 12.8. The number of hydrogen-bond acceptors (Lipinski definition) is 6. The molecule has 4 aromatic rings. The fraction of sp³-hybridized carbons (Fsp3) is 0.250. The normalized spacial score (nSPS) is 11.0. The van der Waals surface area contributed by atoms with E-state index in [4.69, 9.17) is 18.9 Å². The maximum absolute atomic E-state index is 12.8. The van der Waals surface area contributed by atoms with Crippen LogP contribution in [0.4, 0.5) is 0 Å².